The second-order valence-corrected chi connectivity index (χ2v) is 3.77. The van der Waals surface area contributed by atoms with Crippen LogP contribution < -0.4 is 15.8 Å². The van der Waals surface area contributed by atoms with E-state index in [0.29, 0.717) is 21.5 Å². The molecule has 1 aromatic rings. The third-order valence-corrected chi connectivity index (χ3v) is 2.58. The summed E-state index contributed by atoms with van der Waals surface area (Å²) in [5.74, 6) is -0.00441. The van der Waals surface area contributed by atoms with Crippen LogP contribution in [0.1, 0.15) is 10.4 Å². The molecule has 16 heavy (non-hydrogen) atoms. The topological polar surface area (TPSA) is 88.1 Å². The lowest BCUT2D eigenvalue weighted by Gasteiger charge is -2.09. The number of nitrogens with two attached hydrogens (primary N) is 1. The summed E-state index contributed by atoms with van der Waals surface area (Å²) in [4.78, 5) is 11.6. The van der Waals surface area contributed by atoms with Crippen molar-refractivity contribution in [1.82, 2.24) is 5.32 Å². The Morgan fingerprint density at radius 2 is 2.38 bits per heavy atom. The lowest BCUT2D eigenvalue weighted by atomic mass is 10.1. The molecule has 1 amide bonds. The van der Waals surface area contributed by atoms with Gasteiger partial charge in [-0.3, -0.25) is 4.79 Å². The number of anilines is 1. The van der Waals surface area contributed by atoms with Crippen molar-refractivity contribution in [2.75, 3.05) is 19.4 Å². The Balaban J connectivity index is 3.07. The van der Waals surface area contributed by atoms with Crippen molar-refractivity contribution in [3.05, 3.63) is 22.2 Å². The Morgan fingerprint density at radius 3 is 2.94 bits per heavy atom. The second-order valence-electron chi connectivity index (χ2n) is 2.91. The Bertz CT molecular complexity index is 454. The molecule has 0 aliphatic carbocycles. The summed E-state index contributed by atoms with van der Waals surface area (Å²) >= 11 is 3.22. The first-order valence-electron chi connectivity index (χ1n) is 4.38. The molecule has 0 aliphatic heterocycles. The molecule has 1 rings (SSSR count). The molecule has 6 heteroatoms. The van der Waals surface area contributed by atoms with Crippen LogP contribution in [0.5, 0.6) is 5.75 Å². The van der Waals surface area contributed by atoms with Gasteiger partial charge in [0.25, 0.3) is 5.91 Å². The van der Waals surface area contributed by atoms with Gasteiger partial charge in [0.1, 0.15) is 12.3 Å². The van der Waals surface area contributed by atoms with Crippen LogP contribution in [-0.4, -0.2) is 19.6 Å². The maximum atomic E-state index is 11.6. The summed E-state index contributed by atoms with van der Waals surface area (Å²) < 4.78 is 5.64. The molecular formula is C10H10BrN3O2. The molecular weight excluding hydrogens is 274 g/mol. The first kappa shape index (κ1) is 12.3. The maximum absolute atomic E-state index is 11.6. The number of hydrogen-bond acceptors (Lipinski definition) is 4. The molecule has 0 aliphatic rings. The Kier molecular flexibility index (Phi) is 4.14. The van der Waals surface area contributed by atoms with E-state index in [1.807, 2.05) is 6.07 Å². The van der Waals surface area contributed by atoms with Crippen LogP contribution in [0.2, 0.25) is 0 Å². The zero-order valence-corrected chi connectivity index (χ0v) is 10.2. The zero-order valence-electron chi connectivity index (χ0n) is 8.58. The number of nitriles is 1. The Morgan fingerprint density at radius 1 is 1.69 bits per heavy atom. The highest BCUT2D eigenvalue weighted by Crippen LogP contribution is 2.28. The number of nitrogens with one attached hydrogen (secondary N) is 1. The summed E-state index contributed by atoms with van der Waals surface area (Å²) in [6.45, 7) is -0.0516. The molecule has 0 atom stereocenters. The minimum absolute atomic E-state index is 0.0516. The van der Waals surface area contributed by atoms with E-state index in [2.05, 4.69) is 21.2 Å². The number of nitrogens with zero attached hydrogens (tertiary/aromatic N) is 1. The number of ether oxygens (including phenoxy) is 1. The summed E-state index contributed by atoms with van der Waals surface area (Å²) in [7, 11) is 1.45. The van der Waals surface area contributed by atoms with Crippen molar-refractivity contribution in [2.24, 2.45) is 0 Å². The fourth-order valence-corrected chi connectivity index (χ4v) is 1.47. The van der Waals surface area contributed by atoms with E-state index in [1.165, 1.54) is 7.11 Å². The van der Waals surface area contributed by atoms with Crippen molar-refractivity contribution in [3.63, 3.8) is 0 Å². The highest BCUT2D eigenvalue weighted by atomic mass is 79.9. The number of rotatable bonds is 3. The van der Waals surface area contributed by atoms with Gasteiger partial charge >= 0.3 is 0 Å². The SMILES string of the molecule is COc1cc(N)c(Br)cc1C(=O)NCC#N. The van der Waals surface area contributed by atoms with Gasteiger partial charge in [0.2, 0.25) is 0 Å². The van der Waals surface area contributed by atoms with Crippen molar-refractivity contribution in [3.8, 4) is 11.8 Å². The van der Waals surface area contributed by atoms with E-state index in [4.69, 9.17) is 15.7 Å². The Labute approximate surface area is 101 Å². The predicted molar refractivity (Wildman–Crippen MR) is 63.1 cm³/mol. The number of carbonyl (C=O) groups is 1. The highest BCUT2D eigenvalue weighted by Gasteiger charge is 2.14. The number of methoxy groups -OCH3 is 1. The van der Waals surface area contributed by atoms with Gasteiger partial charge in [0.15, 0.2) is 0 Å². The third kappa shape index (κ3) is 2.64. The van der Waals surface area contributed by atoms with E-state index >= 15 is 0 Å². The van der Waals surface area contributed by atoms with Crippen molar-refractivity contribution in [1.29, 1.82) is 5.26 Å². The largest absolute Gasteiger partial charge is 0.496 e. The zero-order chi connectivity index (χ0) is 12.1. The molecule has 0 aromatic heterocycles. The molecule has 84 valence electrons. The molecule has 1 aromatic carbocycles. The normalized spacial score (nSPS) is 9.31. The smallest absolute Gasteiger partial charge is 0.255 e. The molecule has 0 bridgehead atoms. The molecule has 5 nitrogen and oxygen atoms in total. The van der Waals surface area contributed by atoms with Gasteiger partial charge < -0.3 is 15.8 Å². The number of amides is 1. The average Bonchev–Trinajstić information content (AvgIpc) is 2.28. The van der Waals surface area contributed by atoms with Crippen LogP contribution >= 0.6 is 15.9 Å². The molecule has 0 radical (unpaired) electrons. The van der Waals surface area contributed by atoms with Gasteiger partial charge in [-0.15, -0.1) is 0 Å². The van der Waals surface area contributed by atoms with E-state index in [1.54, 1.807) is 12.1 Å². The molecule has 0 saturated heterocycles. The summed E-state index contributed by atoms with van der Waals surface area (Å²) in [5.41, 5.74) is 6.47. The van der Waals surface area contributed by atoms with E-state index in [-0.39, 0.29) is 12.5 Å². The van der Waals surface area contributed by atoms with Crippen LogP contribution in [0.3, 0.4) is 0 Å². The quantitative estimate of drug-likeness (QED) is 0.646. The molecule has 0 spiro atoms. The van der Waals surface area contributed by atoms with Crippen LogP contribution in [0.4, 0.5) is 5.69 Å². The summed E-state index contributed by atoms with van der Waals surface area (Å²) in [5, 5.41) is 10.8. The minimum atomic E-state index is -0.376. The van der Waals surface area contributed by atoms with Crippen LogP contribution in [-0.2, 0) is 0 Å². The van der Waals surface area contributed by atoms with Crippen LogP contribution in [0, 0.1) is 11.3 Å². The monoisotopic (exact) mass is 283 g/mol. The standard InChI is InChI=1S/C10H10BrN3O2/c1-16-9-5-8(13)7(11)4-6(9)10(15)14-3-2-12/h4-5H,3,13H2,1H3,(H,14,15). The lowest BCUT2D eigenvalue weighted by molar-refractivity contribution is 0.0955. The van der Waals surface area contributed by atoms with Crippen molar-refractivity contribution >= 4 is 27.5 Å². The number of hydrogen-bond donors (Lipinski definition) is 2. The predicted octanol–water partition coefficient (Wildman–Crippen LogP) is 1.29. The van der Waals surface area contributed by atoms with E-state index in [9.17, 15) is 4.79 Å². The van der Waals surface area contributed by atoms with Gasteiger partial charge in [-0.1, -0.05) is 0 Å². The highest BCUT2D eigenvalue weighted by molar-refractivity contribution is 9.10. The first-order chi connectivity index (χ1) is 7.60. The van der Waals surface area contributed by atoms with Gasteiger partial charge in [-0.05, 0) is 22.0 Å². The third-order valence-electron chi connectivity index (χ3n) is 1.89. The molecule has 0 heterocycles. The minimum Gasteiger partial charge on any atom is -0.496 e. The Hall–Kier alpha value is -1.74. The molecule has 0 saturated carbocycles. The number of benzene rings is 1. The second kappa shape index (κ2) is 5.37. The van der Waals surface area contributed by atoms with E-state index in [0.717, 1.165) is 0 Å². The van der Waals surface area contributed by atoms with E-state index < -0.39 is 0 Å². The maximum Gasteiger partial charge on any atom is 0.255 e. The van der Waals surface area contributed by atoms with Gasteiger partial charge in [-0.2, -0.15) is 5.26 Å². The number of carbonyl (C=O) groups excluding carboxylic acids is 1. The average molecular weight is 284 g/mol. The molecule has 0 fully saturated rings. The summed E-state index contributed by atoms with van der Waals surface area (Å²) in [6.07, 6.45) is 0. The molecule has 0 unspecified atom stereocenters. The fraction of sp³-hybridized carbons (Fsp3) is 0.200. The van der Waals surface area contributed by atoms with Crippen LogP contribution in [0.15, 0.2) is 16.6 Å². The summed E-state index contributed by atoms with van der Waals surface area (Å²) in [6, 6.07) is 4.93. The van der Waals surface area contributed by atoms with Crippen molar-refractivity contribution in [2.45, 2.75) is 0 Å². The van der Waals surface area contributed by atoms with Gasteiger partial charge in [-0.25, -0.2) is 0 Å². The fourth-order valence-electron chi connectivity index (χ4n) is 1.13. The van der Waals surface area contributed by atoms with Crippen LogP contribution in [0.25, 0.3) is 0 Å². The van der Waals surface area contributed by atoms with Gasteiger partial charge in [0, 0.05) is 16.2 Å². The van der Waals surface area contributed by atoms with Crippen molar-refractivity contribution < 1.29 is 9.53 Å². The lowest BCUT2D eigenvalue weighted by Crippen LogP contribution is -2.24. The molecule has 3 N–H and O–H groups in total. The number of halogens is 1. The van der Waals surface area contributed by atoms with Gasteiger partial charge in [0.05, 0.1) is 18.7 Å². The number of nitrogen functional groups attached to an aromatic ring is 1. The first-order valence-corrected chi connectivity index (χ1v) is 5.17.